The van der Waals surface area contributed by atoms with Crippen molar-refractivity contribution in [1.82, 2.24) is 10.5 Å². The Kier molecular flexibility index (Phi) is 24.4. The van der Waals surface area contributed by atoms with Crippen LogP contribution in [0.4, 0.5) is 0 Å². The summed E-state index contributed by atoms with van der Waals surface area (Å²) in [6.07, 6.45) is -0.724. The second-order valence-corrected chi connectivity index (χ2v) is 9.68. The average molecular weight is 557 g/mol. The van der Waals surface area contributed by atoms with Gasteiger partial charge in [-0.15, -0.1) is 13.6 Å². The highest BCUT2D eigenvalue weighted by atomic mass is 16.3. The molecule has 44 heavy (non-hydrogen) atoms. The van der Waals surface area contributed by atoms with Crippen molar-refractivity contribution in [3.8, 4) is 0 Å². The van der Waals surface area contributed by atoms with E-state index in [1.165, 1.54) is 30.6 Å². The van der Waals surface area contributed by atoms with Crippen LogP contribution in [0.3, 0.4) is 0 Å². The molecule has 1 heterocycles. The number of hydrogen-bond acceptors (Lipinski definition) is 4. The minimum Gasteiger partial charge on any atom is -0.388 e. The predicted octanol–water partition coefficient (Wildman–Crippen LogP) is -0.104. The summed E-state index contributed by atoms with van der Waals surface area (Å²) in [7, 11) is 45.3. The van der Waals surface area contributed by atoms with Crippen LogP contribution >= 0.6 is 0 Å². The first kappa shape index (κ1) is 42.2. The van der Waals surface area contributed by atoms with Crippen LogP contribution in [0.1, 0.15) is 31.1 Å². The van der Waals surface area contributed by atoms with Gasteiger partial charge in [0.2, 0.25) is 0 Å². The minimum atomic E-state index is -0.874. The van der Waals surface area contributed by atoms with E-state index in [1.807, 2.05) is 32.0 Å². The number of aliphatic hydroxyl groups excluding tert-OH is 1. The zero-order valence-corrected chi connectivity index (χ0v) is 26.7. The summed E-state index contributed by atoms with van der Waals surface area (Å²) in [4.78, 5) is 4.44. The van der Waals surface area contributed by atoms with E-state index in [4.69, 9.17) is 61.9 Å². The predicted molar refractivity (Wildman–Crippen MR) is 210 cm³/mol. The van der Waals surface area contributed by atoms with E-state index in [0.29, 0.717) is 5.56 Å². The highest BCUT2D eigenvalue weighted by molar-refractivity contribution is 7.66. The van der Waals surface area contributed by atoms with Crippen LogP contribution in [0.5, 0.6) is 0 Å². The number of fused-ring (bicyclic) bond motifs is 1. The molecular weight excluding hydrogens is 522 g/mol. The topological polar surface area (TPSA) is 56.6 Å². The molecule has 0 fully saturated rings. The molecule has 3 aromatic rings. The third-order valence-electron chi connectivity index (χ3n) is 5.90. The van der Waals surface area contributed by atoms with Crippen LogP contribution in [0.15, 0.2) is 77.8 Å². The lowest BCUT2D eigenvalue weighted by atomic mass is 8.90. The molecule has 0 spiro atoms. The third kappa shape index (κ3) is 17.1. The number of amidine groups is 1. The fourth-order valence-electron chi connectivity index (χ4n) is 3.92. The molecule has 4 nitrogen and oxygen atoms in total. The Bertz CT molecular complexity index is 1160. The van der Waals surface area contributed by atoms with Crippen molar-refractivity contribution in [1.29, 1.82) is 0 Å². The van der Waals surface area contributed by atoms with E-state index < -0.39 is 31.6 Å². The van der Waals surface area contributed by atoms with Gasteiger partial charge >= 0.3 is 0 Å². The van der Waals surface area contributed by atoms with E-state index >= 15 is 0 Å². The molecule has 0 bridgehead atoms. The van der Waals surface area contributed by atoms with Gasteiger partial charge < -0.3 is 15.7 Å². The van der Waals surface area contributed by atoms with Crippen LogP contribution in [-0.2, 0) is 6.42 Å². The van der Waals surface area contributed by atoms with Crippen LogP contribution < -0.4 is 10.5 Å². The van der Waals surface area contributed by atoms with Gasteiger partial charge in [0.15, 0.2) is 0 Å². The zero-order chi connectivity index (χ0) is 33.5. The summed E-state index contributed by atoms with van der Waals surface area (Å²) in [6.45, 7) is 7.94. The number of nitrogens with zero attached hydrogens (tertiary/aromatic N) is 1. The molecule has 1 aliphatic rings. The molecule has 0 amide bonds. The summed E-state index contributed by atoms with van der Waals surface area (Å²) in [5, 5.41) is 19.2. The molecule has 0 aliphatic carbocycles. The van der Waals surface area contributed by atoms with Crippen molar-refractivity contribution >= 4 is 119 Å². The smallest absolute Gasteiger partial charge is 0.116 e. The number of nitrogens with one attached hydrogen (secondary N) is 2. The van der Waals surface area contributed by atoms with Crippen LogP contribution in [0, 0.1) is 0 Å². The highest BCUT2D eigenvalue weighted by Crippen LogP contribution is 2.19. The molecule has 3 N–H and O–H groups in total. The summed E-state index contributed by atoms with van der Waals surface area (Å²) in [5.41, 5.74) is 2.06. The van der Waals surface area contributed by atoms with Crippen LogP contribution in [-0.4, -0.2) is 132 Å². The average Bonchev–Trinajstić information content (AvgIpc) is 3.54. The number of aliphatic imine (C=N–C) groups is 1. The van der Waals surface area contributed by atoms with E-state index in [1.54, 1.807) is 25.8 Å². The second-order valence-electron chi connectivity index (χ2n) is 9.68. The van der Waals surface area contributed by atoms with Gasteiger partial charge in [0.05, 0.1) is 26.3 Å². The zero-order valence-electron chi connectivity index (χ0n) is 26.7. The number of aliphatic hydroxyl groups is 1. The largest absolute Gasteiger partial charge is 0.388 e. The molecule has 0 aromatic heterocycles. The molecule has 2 unspecified atom stereocenters. The van der Waals surface area contributed by atoms with Gasteiger partial charge in [-0.1, -0.05) is 86.6 Å². The van der Waals surface area contributed by atoms with Crippen molar-refractivity contribution in [2.24, 2.45) is 4.99 Å². The first-order valence-corrected chi connectivity index (χ1v) is 14.9. The van der Waals surface area contributed by atoms with Crippen molar-refractivity contribution in [3.63, 3.8) is 0 Å². The maximum Gasteiger partial charge on any atom is 0.116 e. The third-order valence-corrected chi connectivity index (χ3v) is 5.90. The van der Waals surface area contributed by atoms with E-state index in [2.05, 4.69) is 58.0 Å². The molecule has 3 aromatic carbocycles. The van der Waals surface area contributed by atoms with E-state index in [9.17, 15) is 5.11 Å². The summed E-state index contributed by atoms with van der Waals surface area (Å²) >= 11 is 0. The summed E-state index contributed by atoms with van der Waals surface area (Å²) < 4.78 is 0. The normalized spacial score (nSPS) is 12.2. The SMILES string of the molecule is CC.[B]B([B])C.[B][B]B([B])C(NB([B])B([B])[B])C(O)c1ccccc1.[B][B]C.c1ccc2c(CC3=NCCN3)cccc2c1. The number of benzene rings is 3. The van der Waals surface area contributed by atoms with E-state index in [0.717, 1.165) is 25.3 Å². The second kappa shape index (κ2) is 25.4. The monoisotopic (exact) mass is 559 g/mol. The Morgan fingerprint density at radius 2 is 1.45 bits per heavy atom. The van der Waals surface area contributed by atoms with Gasteiger partial charge in [0.1, 0.15) is 12.5 Å². The van der Waals surface area contributed by atoms with Crippen molar-refractivity contribution in [2.75, 3.05) is 13.1 Å². The van der Waals surface area contributed by atoms with Crippen LogP contribution in [0.2, 0.25) is 13.6 Å². The first-order valence-electron chi connectivity index (χ1n) is 14.9. The summed E-state index contributed by atoms with van der Waals surface area (Å²) in [6, 6.07) is 24.0. The molecule has 4 rings (SSSR count). The Morgan fingerprint density at radius 3 is 1.98 bits per heavy atom. The van der Waals surface area contributed by atoms with Crippen molar-refractivity contribution in [3.05, 3.63) is 83.9 Å². The Balaban J connectivity index is 0.000000667. The fourth-order valence-corrected chi connectivity index (χ4v) is 3.92. The molecule has 18 heteroatoms. The lowest BCUT2D eigenvalue weighted by Gasteiger charge is -2.32. The number of hydrogen-bond donors (Lipinski definition) is 3. The van der Waals surface area contributed by atoms with Crippen molar-refractivity contribution in [2.45, 2.75) is 46.0 Å². The van der Waals surface area contributed by atoms with Crippen molar-refractivity contribution < 1.29 is 5.11 Å². The van der Waals surface area contributed by atoms with Gasteiger partial charge in [-0.25, -0.2) is 0 Å². The van der Waals surface area contributed by atoms with Gasteiger partial charge in [0.25, 0.3) is 0 Å². The lowest BCUT2D eigenvalue weighted by Crippen LogP contribution is -2.61. The van der Waals surface area contributed by atoms with Crippen LogP contribution in [0.25, 0.3) is 10.8 Å². The Morgan fingerprint density at radius 1 is 0.909 bits per heavy atom. The molecule has 0 saturated heterocycles. The Hall–Kier alpha value is -1.78. The molecule has 2 atom stereocenters. The molecule has 18 radical (unpaired) electrons. The van der Waals surface area contributed by atoms with Gasteiger partial charge in [-0.05, 0) is 27.8 Å². The molecule has 0 saturated carbocycles. The van der Waals surface area contributed by atoms with Gasteiger partial charge in [-0.2, -0.15) is 0 Å². The Labute approximate surface area is 281 Å². The quantitative estimate of drug-likeness (QED) is 0.323. The summed E-state index contributed by atoms with van der Waals surface area (Å²) in [5.74, 6) is 0.536. The van der Waals surface area contributed by atoms with Gasteiger partial charge in [-0.3, -0.25) is 4.99 Å². The maximum atomic E-state index is 10.4. The molecule has 1 aliphatic heterocycles. The minimum absolute atomic E-state index is 0.167. The van der Waals surface area contributed by atoms with Gasteiger partial charge in [0, 0.05) is 94.8 Å². The first-order chi connectivity index (χ1) is 21.0. The lowest BCUT2D eigenvalue weighted by molar-refractivity contribution is 0.167. The molecular formula is C26H35B14N3O. The standard InChI is InChI=1S/C14H14N2.C8H9B9NO.C2H6.CH3B3.CH3B2/c1-2-7-13-11(4-1)5-3-6-12(13)10-14-15-8-9-16-14;9-14-15(10)8(18-17(13)16(11)12)7(19)6-4-2-1-3-5-6;1-2;1-4(2)3;1-3-2/h1-7H,8-10H2,(H,15,16);1-5,7-8,18-19H;1-2H3;1H3;1H3. The fraction of sp³-hybridized carbons (Fsp3) is 0.346. The maximum absolute atomic E-state index is 10.4. The highest BCUT2D eigenvalue weighted by Gasteiger charge is 2.28. The number of rotatable bonds is 9. The van der Waals surface area contributed by atoms with E-state index in [-0.39, 0.29) is 6.49 Å². The molecule has 202 valence electrons.